The molecule has 1 atom stereocenters. The molecule has 0 radical (unpaired) electrons. The molecule has 5 nitrogen and oxygen atoms in total. The van der Waals surface area contributed by atoms with Gasteiger partial charge in [0.05, 0.1) is 0 Å². The molecule has 0 saturated carbocycles. The smallest absolute Gasteiger partial charge is 0.259 e. The van der Waals surface area contributed by atoms with Crippen molar-refractivity contribution in [3.63, 3.8) is 0 Å². The van der Waals surface area contributed by atoms with E-state index in [1.54, 1.807) is 0 Å². The molecular formula is C15H19N3O2. The number of benzene rings is 1. The van der Waals surface area contributed by atoms with Crippen molar-refractivity contribution in [3.05, 3.63) is 46.6 Å². The summed E-state index contributed by atoms with van der Waals surface area (Å²) >= 11 is 0. The predicted molar refractivity (Wildman–Crippen MR) is 74.4 cm³/mol. The van der Waals surface area contributed by atoms with Crippen LogP contribution in [0.15, 0.2) is 22.7 Å². The van der Waals surface area contributed by atoms with Gasteiger partial charge in [-0.1, -0.05) is 28.9 Å². The Hall–Kier alpha value is -1.72. The third-order valence-electron chi connectivity index (χ3n) is 3.85. The van der Waals surface area contributed by atoms with E-state index in [4.69, 9.17) is 4.52 Å². The van der Waals surface area contributed by atoms with Gasteiger partial charge in [0.2, 0.25) is 0 Å². The topological polar surface area (TPSA) is 71.2 Å². The van der Waals surface area contributed by atoms with E-state index in [0.717, 1.165) is 6.54 Å². The van der Waals surface area contributed by atoms with Gasteiger partial charge in [-0.25, -0.2) is 0 Å². The highest BCUT2D eigenvalue weighted by Crippen LogP contribution is 2.26. The molecule has 0 aliphatic carbocycles. The second kappa shape index (κ2) is 5.00. The van der Waals surface area contributed by atoms with Gasteiger partial charge in [0.15, 0.2) is 11.4 Å². The summed E-state index contributed by atoms with van der Waals surface area (Å²) in [6.07, 6.45) is 1.23. The first-order valence-electron chi connectivity index (χ1n) is 6.89. The molecular weight excluding hydrogens is 254 g/mol. The van der Waals surface area contributed by atoms with Crippen LogP contribution >= 0.6 is 0 Å². The van der Waals surface area contributed by atoms with Gasteiger partial charge in [-0.15, -0.1) is 0 Å². The Labute approximate surface area is 118 Å². The molecule has 2 N–H and O–H groups in total. The molecule has 1 aliphatic heterocycles. The minimum absolute atomic E-state index is 0.322. The summed E-state index contributed by atoms with van der Waals surface area (Å²) in [6, 6.07) is 6.32. The van der Waals surface area contributed by atoms with Crippen LogP contribution in [-0.2, 0) is 12.0 Å². The van der Waals surface area contributed by atoms with Crippen molar-refractivity contribution in [2.45, 2.75) is 32.3 Å². The Kier molecular flexibility index (Phi) is 3.31. The van der Waals surface area contributed by atoms with Crippen LogP contribution < -0.4 is 5.32 Å². The van der Waals surface area contributed by atoms with Crippen LogP contribution in [-0.4, -0.2) is 28.3 Å². The Morgan fingerprint density at radius 1 is 1.40 bits per heavy atom. The van der Waals surface area contributed by atoms with Crippen LogP contribution in [0.4, 0.5) is 0 Å². The first-order valence-corrected chi connectivity index (χ1v) is 6.89. The number of rotatable bonds is 3. The number of aliphatic hydroxyl groups is 1. The molecule has 1 unspecified atom stereocenters. The summed E-state index contributed by atoms with van der Waals surface area (Å²) in [4.78, 5) is 4.36. The lowest BCUT2D eigenvalue weighted by molar-refractivity contribution is 0.0243. The van der Waals surface area contributed by atoms with Gasteiger partial charge in [-0.3, -0.25) is 0 Å². The standard InChI is InChI=1S/C15H19N3O2/c1-10-3-4-11(2)12(7-10)8-13-17-14(20-18-13)15(19)5-6-16-9-15/h3-4,7,16,19H,5-6,8-9H2,1-2H3. The van der Waals surface area contributed by atoms with Gasteiger partial charge in [-0.2, -0.15) is 4.98 Å². The number of hydrogen-bond donors (Lipinski definition) is 2. The van der Waals surface area contributed by atoms with E-state index in [-0.39, 0.29) is 0 Å². The lowest BCUT2D eigenvalue weighted by Crippen LogP contribution is -2.28. The Bertz CT molecular complexity index is 615. The van der Waals surface area contributed by atoms with Crippen LogP contribution in [0.3, 0.4) is 0 Å². The van der Waals surface area contributed by atoms with E-state index in [2.05, 4.69) is 47.5 Å². The summed E-state index contributed by atoms with van der Waals surface area (Å²) < 4.78 is 5.24. The van der Waals surface area contributed by atoms with Crippen LogP contribution in [0, 0.1) is 13.8 Å². The zero-order valence-corrected chi connectivity index (χ0v) is 11.8. The van der Waals surface area contributed by atoms with E-state index in [9.17, 15) is 5.11 Å². The largest absolute Gasteiger partial charge is 0.379 e. The number of nitrogens with zero attached hydrogens (tertiary/aromatic N) is 2. The van der Waals surface area contributed by atoms with E-state index < -0.39 is 5.60 Å². The zero-order chi connectivity index (χ0) is 14.2. The summed E-state index contributed by atoms with van der Waals surface area (Å²) in [6.45, 7) is 5.38. The minimum atomic E-state index is -1.01. The second-order valence-electron chi connectivity index (χ2n) is 5.58. The third-order valence-corrected chi connectivity index (χ3v) is 3.85. The molecule has 1 saturated heterocycles. The van der Waals surface area contributed by atoms with Gasteiger partial charge in [0.1, 0.15) is 0 Å². The van der Waals surface area contributed by atoms with Gasteiger partial charge in [0, 0.05) is 13.0 Å². The fourth-order valence-electron chi connectivity index (χ4n) is 2.54. The van der Waals surface area contributed by atoms with Crippen molar-refractivity contribution in [2.75, 3.05) is 13.1 Å². The maximum Gasteiger partial charge on any atom is 0.259 e. The molecule has 1 fully saturated rings. The number of hydrogen-bond acceptors (Lipinski definition) is 5. The van der Waals surface area contributed by atoms with E-state index >= 15 is 0 Å². The second-order valence-corrected chi connectivity index (χ2v) is 5.58. The number of aryl methyl sites for hydroxylation is 2. The fourth-order valence-corrected chi connectivity index (χ4v) is 2.54. The Morgan fingerprint density at radius 3 is 3.00 bits per heavy atom. The summed E-state index contributed by atoms with van der Waals surface area (Å²) in [5.41, 5.74) is 2.61. The molecule has 106 valence electrons. The molecule has 0 amide bonds. The minimum Gasteiger partial charge on any atom is -0.379 e. The molecule has 0 bridgehead atoms. The summed E-state index contributed by atoms with van der Waals surface area (Å²) in [5.74, 6) is 0.942. The van der Waals surface area contributed by atoms with Crippen molar-refractivity contribution in [2.24, 2.45) is 0 Å². The average molecular weight is 273 g/mol. The molecule has 1 aromatic carbocycles. The first kappa shape index (κ1) is 13.3. The molecule has 1 aliphatic rings. The van der Waals surface area contributed by atoms with Gasteiger partial charge in [0.25, 0.3) is 5.89 Å². The highest BCUT2D eigenvalue weighted by atomic mass is 16.5. The van der Waals surface area contributed by atoms with Crippen LogP contribution in [0.25, 0.3) is 0 Å². The van der Waals surface area contributed by atoms with Crippen molar-refractivity contribution in [1.29, 1.82) is 0 Å². The third kappa shape index (κ3) is 2.46. The number of nitrogens with one attached hydrogen (secondary N) is 1. The van der Waals surface area contributed by atoms with Gasteiger partial charge in [-0.05, 0) is 37.9 Å². The Balaban J connectivity index is 1.82. The lowest BCUT2D eigenvalue weighted by Gasteiger charge is -2.14. The first-order chi connectivity index (χ1) is 9.57. The number of β-amino-alcohol motifs (C(OH)–C–C–N with tert-alkyl or cyclic N) is 1. The highest BCUT2D eigenvalue weighted by molar-refractivity contribution is 5.32. The van der Waals surface area contributed by atoms with E-state index in [1.807, 2.05) is 0 Å². The molecule has 0 spiro atoms. The molecule has 3 rings (SSSR count). The van der Waals surface area contributed by atoms with Crippen molar-refractivity contribution >= 4 is 0 Å². The van der Waals surface area contributed by atoms with Crippen LogP contribution in [0.5, 0.6) is 0 Å². The number of aromatic nitrogens is 2. The van der Waals surface area contributed by atoms with Crippen molar-refractivity contribution in [3.8, 4) is 0 Å². The predicted octanol–water partition coefficient (Wildman–Crippen LogP) is 1.46. The van der Waals surface area contributed by atoms with Crippen molar-refractivity contribution in [1.82, 2.24) is 15.5 Å². The maximum atomic E-state index is 10.4. The normalized spacial score (nSPS) is 22.4. The molecule has 2 aromatic rings. The van der Waals surface area contributed by atoms with Crippen LogP contribution in [0.1, 0.15) is 34.8 Å². The highest BCUT2D eigenvalue weighted by Gasteiger charge is 2.38. The summed E-state index contributed by atoms with van der Waals surface area (Å²) in [7, 11) is 0. The molecule has 20 heavy (non-hydrogen) atoms. The lowest BCUT2D eigenvalue weighted by atomic mass is 10.0. The van der Waals surface area contributed by atoms with E-state index in [0.29, 0.717) is 31.1 Å². The van der Waals surface area contributed by atoms with Gasteiger partial charge >= 0.3 is 0 Å². The summed E-state index contributed by atoms with van der Waals surface area (Å²) in [5, 5.41) is 17.5. The quantitative estimate of drug-likeness (QED) is 0.886. The van der Waals surface area contributed by atoms with E-state index in [1.165, 1.54) is 16.7 Å². The fraction of sp³-hybridized carbons (Fsp3) is 0.467. The molecule has 5 heteroatoms. The maximum absolute atomic E-state index is 10.4. The monoisotopic (exact) mass is 273 g/mol. The van der Waals surface area contributed by atoms with Crippen LogP contribution in [0.2, 0.25) is 0 Å². The molecule has 2 heterocycles. The molecule has 1 aromatic heterocycles. The average Bonchev–Trinajstić information content (AvgIpc) is 3.04. The zero-order valence-electron chi connectivity index (χ0n) is 11.8. The Morgan fingerprint density at radius 2 is 2.25 bits per heavy atom. The van der Waals surface area contributed by atoms with Gasteiger partial charge < -0.3 is 14.9 Å². The van der Waals surface area contributed by atoms with Crippen molar-refractivity contribution < 1.29 is 9.63 Å². The SMILES string of the molecule is Cc1ccc(C)c(Cc2noc(C3(O)CCNC3)n2)c1.